The van der Waals surface area contributed by atoms with Crippen molar-refractivity contribution in [3.63, 3.8) is 0 Å². The van der Waals surface area contributed by atoms with Crippen LogP contribution in [-0.4, -0.2) is 82.3 Å². The highest BCUT2D eigenvalue weighted by Crippen LogP contribution is 2.14. The third kappa shape index (κ3) is 43.6. The summed E-state index contributed by atoms with van der Waals surface area (Å²) in [4.78, 5) is 37.1. The average molecular weight is 848 g/mol. The standard InChI is InChI=1S/C51H93NO8/c1-6-8-10-12-14-16-18-20-22-24-25-26-28-30-32-34-36-38-40-42-49(54)60-47(46-59-51(50(55)56)57-44-43-52(3,4)5)45-58-48(53)41-39-37-35-33-31-29-27-23-21-19-17-15-13-11-9-7-2/h14,16,20,22-23,27,47,51H,6-13,15,17-19,21,24-26,28-46H2,1-5H3/b16-14-,22-20-,27-23-. The Bertz CT molecular complexity index is 1080. The van der Waals surface area contributed by atoms with Crippen molar-refractivity contribution >= 4 is 17.9 Å². The number of allylic oxidation sites excluding steroid dienone is 6. The summed E-state index contributed by atoms with van der Waals surface area (Å²) >= 11 is 0. The van der Waals surface area contributed by atoms with E-state index in [9.17, 15) is 19.5 Å². The monoisotopic (exact) mass is 848 g/mol. The van der Waals surface area contributed by atoms with E-state index >= 15 is 0 Å². The number of unbranched alkanes of at least 4 members (excludes halogenated alkanes) is 24. The first kappa shape index (κ1) is 57.5. The molecule has 2 atom stereocenters. The predicted molar refractivity (Wildman–Crippen MR) is 246 cm³/mol. The Labute approximate surface area is 369 Å². The number of nitrogens with zero attached hydrogens (tertiary/aromatic N) is 1. The van der Waals surface area contributed by atoms with Crippen LogP contribution in [0.15, 0.2) is 36.5 Å². The minimum atomic E-state index is -1.62. The lowest BCUT2D eigenvalue weighted by atomic mass is 10.1. The summed E-state index contributed by atoms with van der Waals surface area (Å²) in [5.74, 6) is -2.30. The molecule has 0 N–H and O–H groups in total. The molecule has 0 saturated heterocycles. The van der Waals surface area contributed by atoms with Gasteiger partial charge in [-0.2, -0.15) is 0 Å². The Hall–Kier alpha value is -2.49. The predicted octanol–water partition coefficient (Wildman–Crippen LogP) is 12.1. The maximum atomic E-state index is 12.8. The van der Waals surface area contributed by atoms with Gasteiger partial charge in [-0.1, -0.05) is 166 Å². The van der Waals surface area contributed by atoms with Crippen LogP contribution in [0.5, 0.6) is 0 Å². The molecule has 0 heterocycles. The van der Waals surface area contributed by atoms with Crippen LogP contribution >= 0.6 is 0 Å². The van der Waals surface area contributed by atoms with Crippen molar-refractivity contribution in [1.29, 1.82) is 0 Å². The molecule has 9 nitrogen and oxygen atoms in total. The number of carbonyl (C=O) groups is 3. The minimum Gasteiger partial charge on any atom is -0.545 e. The SMILES string of the molecule is CCCCC/C=C\C/C=C\CCCCCCCCCCCC(=O)OC(COC(=O)CCCCCCC/C=C\CCCCCCCCC)COC(OCC[N+](C)(C)C)C(=O)[O-]. The molecule has 0 aromatic carbocycles. The zero-order valence-electron chi connectivity index (χ0n) is 39.6. The van der Waals surface area contributed by atoms with Gasteiger partial charge in [-0.05, 0) is 70.6 Å². The van der Waals surface area contributed by atoms with Crippen LogP contribution in [0, 0.1) is 0 Å². The van der Waals surface area contributed by atoms with Gasteiger partial charge < -0.3 is 33.3 Å². The molecule has 0 aliphatic carbocycles. The molecule has 0 aromatic heterocycles. The van der Waals surface area contributed by atoms with E-state index in [4.69, 9.17) is 18.9 Å². The summed E-state index contributed by atoms with van der Waals surface area (Å²) in [6.07, 6.45) is 46.0. The van der Waals surface area contributed by atoms with Crippen molar-refractivity contribution in [2.45, 2.75) is 225 Å². The fraction of sp³-hybridized carbons (Fsp3) is 0.824. The van der Waals surface area contributed by atoms with Crippen molar-refractivity contribution in [3.8, 4) is 0 Å². The van der Waals surface area contributed by atoms with Crippen molar-refractivity contribution in [1.82, 2.24) is 0 Å². The second-order valence-corrected chi connectivity index (χ2v) is 17.7. The number of quaternary nitrogens is 1. The number of carboxylic acid groups (broad SMARTS) is 1. The normalized spacial score (nSPS) is 13.2. The van der Waals surface area contributed by atoms with E-state index in [1.807, 2.05) is 21.1 Å². The molecule has 0 radical (unpaired) electrons. The molecule has 2 unspecified atom stereocenters. The smallest absolute Gasteiger partial charge is 0.306 e. The molecule has 0 aliphatic rings. The van der Waals surface area contributed by atoms with Crippen LogP contribution in [-0.2, 0) is 33.3 Å². The molecule has 0 bridgehead atoms. The van der Waals surface area contributed by atoms with E-state index < -0.39 is 24.3 Å². The fourth-order valence-electron chi connectivity index (χ4n) is 6.74. The van der Waals surface area contributed by atoms with Gasteiger partial charge in [0.2, 0.25) is 0 Å². The quantitative estimate of drug-likeness (QED) is 0.0196. The third-order valence-electron chi connectivity index (χ3n) is 10.6. The fourth-order valence-corrected chi connectivity index (χ4v) is 6.74. The lowest BCUT2D eigenvalue weighted by Gasteiger charge is -2.26. The maximum Gasteiger partial charge on any atom is 0.306 e. The van der Waals surface area contributed by atoms with Crippen molar-refractivity contribution in [3.05, 3.63) is 36.5 Å². The van der Waals surface area contributed by atoms with Crippen LogP contribution in [0.2, 0.25) is 0 Å². The number of likely N-dealkylation sites (N-methyl/N-ethyl adjacent to an activating group) is 1. The van der Waals surface area contributed by atoms with E-state index in [1.165, 1.54) is 109 Å². The molecule has 0 spiro atoms. The molecule has 9 heteroatoms. The Morgan fingerprint density at radius 2 is 0.900 bits per heavy atom. The average Bonchev–Trinajstić information content (AvgIpc) is 3.21. The van der Waals surface area contributed by atoms with Crippen molar-refractivity contribution in [2.75, 3.05) is 47.5 Å². The molecule has 0 fully saturated rings. The van der Waals surface area contributed by atoms with Crippen molar-refractivity contribution < 1.29 is 42.9 Å². The highest BCUT2D eigenvalue weighted by atomic mass is 16.7. The first-order valence-electron chi connectivity index (χ1n) is 24.6. The van der Waals surface area contributed by atoms with Crippen LogP contribution in [0.4, 0.5) is 0 Å². The Balaban J connectivity index is 4.39. The van der Waals surface area contributed by atoms with Gasteiger partial charge in [0.15, 0.2) is 12.4 Å². The summed E-state index contributed by atoms with van der Waals surface area (Å²) in [6, 6.07) is 0. The Morgan fingerprint density at radius 3 is 1.37 bits per heavy atom. The molecule has 60 heavy (non-hydrogen) atoms. The summed E-state index contributed by atoms with van der Waals surface area (Å²) in [7, 11) is 5.91. The van der Waals surface area contributed by atoms with Crippen LogP contribution in [0.1, 0.15) is 213 Å². The Kier molecular flexibility index (Phi) is 41.4. The second kappa shape index (κ2) is 43.2. The van der Waals surface area contributed by atoms with Gasteiger partial charge in [-0.3, -0.25) is 9.59 Å². The second-order valence-electron chi connectivity index (χ2n) is 17.7. The van der Waals surface area contributed by atoms with E-state index in [0.29, 0.717) is 17.4 Å². The van der Waals surface area contributed by atoms with E-state index in [-0.39, 0.29) is 38.6 Å². The molecule has 0 aliphatic heterocycles. The summed E-state index contributed by atoms with van der Waals surface area (Å²) in [5.41, 5.74) is 0. The summed E-state index contributed by atoms with van der Waals surface area (Å²) in [6.45, 7) is 4.71. The van der Waals surface area contributed by atoms with Gasteiger partial charge in [0.1, 0.15) is 13.2 Å². The largest absolute Gasteiger partial charge is 0.545 e. The van der Waals surface area contributed by atoms with Gasteiger partial charge in [0, 0.05) is 12.8 Å². The topological polar surface area (TPSA) is 111 Å². The number of aliphatic carboxylic acids is 1. The molecule has 350 valence electrons. The first-order valence-corrected chi connectivity index (χ1v) is 24.6. The highest BCUT2D eigenvalue weighted by Gasteiger charge is 2.21. The lowest BCUT2D eigenvalue weighted by Crippen LogP contribution is -2.44. The van der Waals surface area contributed by atoms with Crippen LogP contribution in [0.3, 0.4) is 0 Å². The third-order valence-corrected chi connectivity index (χ3v) is 10.6. The zero-order valence-corrected chi connectivity index (χ0v) is 39.6. The van der Waals surface area contributed by atoms with Gasteiger partial charge in [0.05, 0.1) is 40.3 Å². The van der Waals surface area contributed by atoms with Gasteiger partial charge >= 0.3 is 11.9 Å². The first-order chi connectivity index (χ1) is 29.1. The maximum absolute atomic E-state index is 12.8. The van der Waals surface area contributed by atoms with Gasteiger partial charge in [-0.15, -0.1) is 0 Å². The highest BCUT2D eigenvalue weighted by molar-refractivity contribution is 5.70. The number of ether oxygens (including phenoxy) is 4. The summed E-state index contributed by atoms with van der Waals surface area (Å²) in [5, 5.41) is 11.7. The zero-order chi connectivity index (χ0) is 44.2. The van der Waals surface area contributed by atoms with E-state index in [2.05, 4.69) is 50.3 Å². The Morgan fingerprint density at radius 1 is 0.500 bits per heavy atom. The number of esters is 2. The molecule has 0 amide bonds. The van der Waals surface area contributed by atoms with Crippen LogP contribution < -0.4 is 5.11 Å². The summed E-state index contributed by atoms with van der Waals surface area (Å²) < 4.78 is 22.6. The van der Waals surface area contributed by atoms with Gasteiger partial charge in [0.25, 0.3) is 0 Å². The number of carboxylic acids is 1. The minimum absolute atomic E-state index is 0.146. The molecule has 0 saturated carbocycles. The lowest BCUT2D eigenvalue weighted by molar-refractivity contribution is -0.870. The van der Waals surface area contributed by atoms with Crippen LogP contribution in [0.25, 0.3) is 0 Å². The molecular formula is C51H93NO8. The number of rotatable bonds is 45. The van der Waals surface area contributed by atoms with Crippen molar-refractivity contribution in [2.24, 2.45) is 0 Å². The van der Waals surface area contributed by atoms with E-state index in [0.717, 1.165) is 70.6 Å². The number of carbonyl (C=O) groups excluding carboxylic acids is 3. The molecule has 0 rings (SSSR count). The van der Waals surface area contributed by atoms with Gasteiger partial charge in [-0.25, -0.2) is 0 Å². The van der Waals surface area contributed by atoms with E-state index in [1.54, 1.807) is 0 Å². The number of hydrogen-bond acceptors (Lipinski definition) is 8. The molecular weight excluding hydrogens is 755 g/mol. The molecule has 0 aromatic rings. The number of hydrogen-bond donors (Lipinski definition) is 0.